The number of carbonyl (C=O) groups excluding carboxylic acids is 2. The summed E-state index contributed by atoms with van der Waals surface area (Å²) in [5.74, 6) is 0.936. The highest BCUT2D eigenvalue weighted by atomic mass is 16.6. The highest BCUT2D eigenvalue weighted by Gasteiger charge is 2.35. The first kappa shape index (κ1) is 21.5. The molecule has 0 aromatic heterocycles. The molecule has 1 fully saturated rings. The molecule has 0 aliphatic carbocycles. The second-order valence-corrected chi connectivity index (χ2v) is 6.90. The van der Waals surface area contributed by atoms with Crippen molar-refractivity contribution in [2.24, 2.45) is 0 Å². The number of hydrogen-bond acceptors (Lipinski definition) is 5. The Morgan fingerprint density at radius 2 is 1.83 bits per heavy atom. The van der Waals surface area contributed by atoms with Gasteiger partial charge < -0.3 is 19.5 Å². The summed E-state index contributed by atoms with van der Waals surface area (Å²) >= 11 is 0. The Labute approximate surface area is 176 Å². The Balaban J connectivity index is 1.66. The molecular weight excluding hydrogens is 384 g/mol. The Kier molecular flexibility index (Phi) is 7.54. The number of ether oxygens (including phenoxy) is 3. The van der Waals surface area contributed by atoms with Crippen molar-refractivity contribution in [3.05, 3.63) is 54.1 Å². The number of likely N-dealkylation sites (tertiary alicyclic amines) is 1. The SMILES string of the molecule is CCOc1ccc(OCC)c(NC(=O)[C@@H]2CCCN2C(=O)OCc2ccccc2)c1. The van der Waals surface area contributed by atoms with E-state index in [0.717, 1.165) is 12.0 Å². The Morgan fingerprint density at radius 1 is 1.07 bits per heavy atom. The van der Waals surface area contributed by atoms with Crippen LogP contribution in [0.4, 0.5) is 10.5 Å². The minimum atomic E-state index is -0.585. The highest BCUT2D eigenvalue weighted by Crippen LogP contribution is 2.30. The molecule has 2 aromatic rings. The molecule has 0 spiro atoms. The third kappa shape index (κ3) is 5.43. The summed E-state index contributed by atoms with van der Waals surface area (Å²) in [6, 6.07) is 14.2. The van der Waals surface area contributed by atoms with Gasteiger partial charge in [-0.2, -0.15) is 0 Å². The molecule has 1 atom stereocenters. The summed E-state index contributed by atoms with van der Waals surface area (Å²) in [6.45, 7) is 5.43. The van der Waals surface area contributed by atoms with Crippen molar-refractivity contribution in [3.8, 4) is 11.5 Å². The predicted octanol–water partition coefficient (Wildman–Crippen LogP) is 4.22. The molecule has 1 N–H and O–H groups in total. The van der Waals surface area contributed by atoms with E-state index in [4.69, 9.17) is 14.2 Å². The molecule has 7 heteroatoms. The fraction of sp³-hybridized carbons (Fsp3) is 0.391. The van der Waals surface area contributed by atoms with E-state index in [9.17, 15) is 9.59 Å². The predicted molar refractivity (Wildman–Crippen MR) is 114 cm³/mol. The van der Waals surface area contributed by atoms with Gasteiger partial charge in [0.2, 0.25) is 5.91 Å². The summed E-state index contributed by atoms with van der Waals surface area (Å²) in [5, 5.41) is 2.90. The summed E-state index contributed by atoms with van der Waals surface area (Å²) in [6.07, 6.45) is 0.849. The van der Waals surface area contributed by atoms with Crippen LogP contribution in [-0.2, 0) is 16.1 Å². The maximum absolute atomic E-state index is 13.0. The minimum absolute atomic E-state index is 0.176. The Morgan fingerprint density at radius 3 is 2.57 bits per heavy atom. The quantitative estimate of drug-likeness (QED) is 0.702. The second-order valence-electron chi connectivity index (χ2n) is 6.90. The average Bonchev–Trinajstić information content (AvgIpc) is 3.25. The van der Waals surface area contributed by atoms with Crippen LogP contribution in [0, 0.1) is 0 Å². The molecule has 0 radical (unpaired) electrons. The standard InChI is InChI=1S/C23H28N2O5/c1-3-28-18-12-13-21(29-4-2)19(15-18)24-22(26)20-11-8-14-25(20)23(27)30-16-17-9-6-5-7-10-17/h5-7,9-10,12-13,15,20H,3-4,8,11,14,16H2,1-2H3,(H,24,26)/t20-/m0/s1. The summed E-state index contributed by atoms with van der Waals surface area (Å²) < 4.78 is 16.6. The Bertz CT molecular complexity index is 856. The van der Waals surface area contributed by atoms with E-state index in [2.05, 4.69) is 5.32 Å². The van der Waals surface area contributed by atoms with Crippen LogP contribution in [0.25, 0.3) is 0 Å². The molecule has 0 bridgehead atoms. The van der Waals surface area contributed by atoms with E-state index in [1.54, 1.807) is 18.2 Å². The van der Waals surface area contributed by atoms with Crippen molar-refractivity contribution in [1.82, 2.24) is 4.90 Å². The van der Waals surface area contributed by atoms with E-state index in [1.807, 2.05) is 44.2 Å². The molecule has 7 nitrogen and oxygen atoms in total. The smallest absolute Gasteiger partial charge is 0.410 e. The van der Waals surface area contributed by atoms with Crippen LogP contribution in [0.15, 0.2) is 48.5 Å². The van der Waals surface area contributed by atoms with Crippen LogP contribution in [-0.4, -0.2) is 42.7 Å². The van der Waals surface area contributed by atoms with Gasteiger partial charge in [-0.1, -0.05) is 30.3 Å². The van der Waals surface area contributed by atoms with Crippen LogP contribution < -0.4 is 14.8 Å². The summed E-state index contributed by atoms with van der Waals surface area (Å²) in [4.78, 5) is 27.0. The van der Waals surface area contributed by atoms with Crippen molar-refractivity contribution < 1.29 is 23.8 Å². The lowest BCUT2D eigenvalue weighted by atomic mass is 10.2. The number of carbonyl (C=O) groups is 2. The number of amides is 2. The largest absolute Gasteiger partial charge is 0.494 e. The molecule has 160 valence electrons. The second kappa shape index (κ2) is 10.5. The first-order valence-corrected chi connectivity index (χ1v) is 10.3. The zero-order valence-electron chi connectivity index (χ0n) is 17.4. The van der Waals surface area contributed by atoms with Gasteiger partial charge in [-0.05, 0) is 44.4 Å². The van der Waals surface area contributed by atoms with Gasteiger partial charge in [0.25, 0.3) is 0 Å². The van der Waals surface area contributed by atoms with Gasteiger partial charge in [0.15, 0.2) is 0 Å². The minimum Gasteiger partial charge on any atom is -0.494 e. The normalized spacial score (nSPS) is 15.5. The monoisotopic (exact) mass is 412 g/mol. The van der Waals surface area contributed by atoms with Gasteiger partial charge in [-0.15, -0.1) is 0 Å². The number of nitrogens with zero attached hydrogens (tertiary/aromatic N) is 1. The van der Waals surface area contributed by atoms with E-state index in [0.29, 0.717) is 43.4 Å². The molecule has 1 aliphatic rings. The van der Waals surface area contributed by atoms with E-state index < -0.39 is 12.1 Å². The van der Waals surface area contributed by atoms with Crippen molar-refractivity contribution in [1.29, 1.82) is 0 Å². The number of rotatable bonds is 8. The molecule has 2 amide bonds. The number of hydrogen-bond donors (Lipinski definition) is 1. The van der Waals surface area contributed by atoms with Crippen LogP contribution in [0.2, 0.25) is 0 Å². The van der Waals surface area contributed by atoms with Gasteiger partial charge >= 0.3 is 6.09 Å². The highest BCUT2D eigenvalue weighted by molar-refractivity contribution is 5.98. The van der Waals surface area contributed by atoms with Gasteiger partial charge in [-0.25, -0.2) is 4.79 Å². The van der Waals surface area contributed by atoms with Crippen LogP contribution in [0.5, 0.6) is 11.5 Å². The topological polar surface area (TPSA) is 77.1 Å². The van der Waals surface area contributed by atoms with Crippen LogP contribution in [0.1, 0.15) is 32.3 Å². The van der Waals surface area contributed by atoms with Crippen molar-refractivity contribution in [3.63, 3.8) is 0 Å². The van der Waals surface area contributed by atoms with Crippen LogP contribution in [0.3, 0.4) is 0 Å². The molecule has 30 heavy (non-hydrogen) atoms. The lowest BCUT2D eigenvalue weighted by molar-refractivity contribution is -0.120. The van der Waals surface area contributed by atoms with Crippen LogP contribution >= 0.6 is 0 Å². The van der Waals surface area contributed by atoms with Crippen molar-refractivity contribution in [2.75, 3.05) is 25.1 Å². The Hall–Kier alpha value is -3.22. The van der Waals surface area contributed by atoms with Gasteiger partial charge in [-0.3, -0.25) is 9.69 Å². The van der Waals surface area contributed by atoms with Gasteiger partial charge in [0.05, 0.1) is 18.9 Å². The zero-order chi connectivity index (χ0) is 21.3. The third-order valence-corrected chi connectivity index (χ3v) is 4.81. The molecule has 3 rings (SSSR count). The maximum Gasteiger partial charge on any atom is 0.410 e. The van der Waals surface area contributed by atoms with Crippen molar-refractivity contribution >= 4 is 17.7 Å². The van der Waals surface area contributed by atoms with Crippen molar-refractivity contribution in [2.45, 2.75) is 39.3 Å². The number of benzene rings is 2. The molecule has 2 aromatic carbocycles. The molecule has 1 aliphatic heterocycles. The first-order valence-electron chi connectivity index (χ1n) is 10.3. The van der Waals surface area contributed by atoms with E-state index >= 15 is 0 Å². The summed E-state index contributed by atoms with van der Waals surface area (Å²) in [5.41, 5.74) is 1.43. The van der Waals surface area contributed by atoms with Gasteiger partial charge in [0.1, 0.15) is 24.1 Å². The molecule has 1 heterocycles. The number of anilines is 1. The summed E-state index contributed by atoms with van der Waals surface area (Å²) in [7, 11) is 0. The van der Waals surface area contributed by atoms with E-state index in [-0.39, 0.29) is 12.5 Å². The zero-order valence-corrected chi connectivity index (χ0v) is 17.4. The fourth-order valence-electron chi connectivity index (χ4n) is 3.42. The number of nitrogens with one attached hydrogen (secondary N) is 1. The lowest BCUT2D eigenvalue weighted by Gasteiger charge is -2.24. The molecule has 1 saturated heterocycles. The molecular formula is C23H28N2O5. The average molecular weight is 412 g/mol. The van der Waals surface area contributed by atoms with Gasteiger partial charge in [0, 0.05) is 12.6 Å². The van der Waals surface area contributed by atoms with E-state index in [1.165, 1.54) is 4.90 Å². The fourth-order valence-corrected chi connectivity index (χ4v) is 3.42. The lowest BCUT2D eigenvalue weighted by Crippen LogP contribution is -2.43. The molecule has 0 unspecified atom stereocenters. The third-order valence-electron chi connectivity index (χ3n) is 4.81. The molecule has 0 saturated carbocycles. The first-order chi connectivity index (χ1) is 14.6. The maximum atomic E-state index is 13.0.